The Morgan fingerprint density at radius 2 is 1.53 bits per heavy atom. The lowest BCUT2D eigenvalue weighted by Gasteiger charge is -2.41. The normalized spacial score (nSPS) is 23.8. The maximum Gasteiger partial charge on any atom is 0.249 e. The van der Waals surface area contributed by atoms with Crippen molar-refractivity contribution in [2.75, 3.05) is 46.4 Å². The van der Waals surface area contributed by atoms with Gasteiger partial charge in [0.2, 0.25) is 23.6 Å². The van der Waals surface area contributed by atoms with Gasteiger partial charge in [-0.05, 0) is 64.3 Å². The van der Waals surface area contributed by atoms with Gasteiger partial charge in [-0.3, -0.25) is 24.1 Å². The predicted octanol–water partition coefficient (Wildman–Crippen LogP) is 3.06. The highest BCUT2D eigenvalue weighted by molar-refractivity contribution is 5.97. The van der Waals surface area contributed by atoms with Gasteiger partial charge in [0, 0.05) is 38.3 Å². The third-order valence-electron chi connectivity index (χ3n) is 9.27. The van der Waals surface area contributed by atoms with E-state index in [9.17, 15) is 19.2 Å². The second-order valence-electron chi connectivity index (χ2n) is 14.3. The fourth-order valence-electron chi connectivity index (χ4n) is 6.66. The van der Waals surface area contributed by atoms with Gasteiger partial charge in [-0.25, -0.2) is 0 Å². The number of morpholine rings is 1. The average Bonchev–Trinajstić information content (AvgIpc) is 3.46. The van der Waals surface area contributed by atoms with Gasteiger partial charge in [-0.2, -0.15) is 0 Å². The number of carbonyl (C=O) groups excluding carboxylic acids is 4. The van der Waals surface area contributed by atoms with Gasteiger partial charge in [0.15, 0.2) is 0 Å². The van der Waals surface area contributed by atoms with Crippen LogP contribution in [0.3, 0.4) is 0 Å². The lowest BCUT2D eigenvalue weighted by molar-refractivity contribution is -0.145. The van der Waals surface area contributed by atoms with E-state index in [0.29, 0.717) is 44.8 Å². The predicted molar refractivity (Wildman–Crippen MR) is 168 cm³/mol. The van der Waals surface area contributed by atoms with E-state index in [2.05, 4.69) is 24.1 Å². The second kappa shape index (κ2) is 15.0. The number of hydrogen-bond donors (Lipinski definition) is 1. The summed E-state index contributed by atoms with van der Waals surface area (Å²) in [6.45, 7) is 19.5. The van der Waals surface area contributed by atoms with Crippen molar-refractivity contribution >= 4 is 23.6 Å². The lowest BCUT2D eigenvalue weighted by atomic mass is 9.84. The zero-order valence-electron chi connectivity index (χ0n) is 28.1. The van der Waals surface area contributed by atoms with E-state index in [1.54, 1.807) is 28.7 Å². The first-order valence-corrected chi connectivity index (χ1v) is 16.3. The Labute approximate surface area is 259 Å². The first-order chi connectivity index (χ1) is 20.1. The fourth-order valence-corrected chi connectivity index (χ4v) is 6.66. The van der Waals surface area contributed by atoms with Gasteiger partial charge in [0.1, 0.15) is 12.1 Å². The Bertz CT molecular complexity index is 1030. The summed E-state index contributed by atoms with van der Waals surface area (Å²) in [5, 5.41) is 3.14. The number of likely N-dealkylation sites (tertiary alicyclic amines) is 2. The minimum atomic E-state index is -0.722. The third-order valence-corrected chi connectivity index (χ3v) is 9.27. The van der Waals surface area contributed by atoms with Crippen molar-refractivity contribution in [3.8, 4) is 0 Å². The van der Waals surface area contributed by atoms with E-state index in [1.807, 2.05) is 40.7 Å². The van der Waals surface area contributed by atoms with E-state index in [0.717, 1.165) is 32.2 Å². The summed E-state index contributed by atoms with van der Waals surface area (Å²) in [6.07, 6.45) is 6.17. The molecule has 1 unspecified atom stereocenters. The Kier molecular flexibility index (Phi) is 12.2. The number of ether oxygens (including phenoxy) is 1. The maximum absolute atomic E-state index is 14.1. The van der Waals surface area contributed by atoms with Crippen molar-refractivity contribution in [1.29, 1.82) is 0 Å². The first-order valence-electron chi connectivity index (χ1n) is 16.3. The molecule has 3 heterocycles. The number of amides is 4. The molecule has 10 nitrogen and oxygen atoms in total. The number of nitrogens with zero attached hydrogens (tertiary/aromatic N) is 4. The molecule has 0 aromatic rings. The van der Waals surface area contributed by atoms with Gasteiger partial charge in [-0.1, -0.05) is 47.1 Å². The topological polar surface area (TPSA) is 102 Å². The van der Waals surface area contributed by atoms with Crippen LogP contribution in [0, 0.1) is 11.3 Å². The van der Waals surface area contributed by atoms with Gasteiger partial charge >= 0.3 is 0 Å². The van der Waals surface area contributed by atoms with E-state index in [1.165, 1.54) is 0 Å². The van der Waals surface area contributed by atoms with Crippen molar-refractivity contribution in [1.82, 2.24) is 24.9 Å². The molecule has 3 aliphatic heterocycles. The lowest BCUT2D eigenvalue weighted by Crippen LogP contribution is -2.60. The van der Waals surface area contributed by atoms with Gasteiger partial charge in [0.05, 0.1) is 25.3 Å². The molecule has 0 aromatic carbocycles. The highest BCUT2D eigenvalue weighted by atomic mass is 16.5. The molecular weight excluding hydrogens is 546 g/mol. The molecule has 0 spiro atoms. The molecule has 3 fully saturated rings. The molecule has 43 heavy (non-hydrogen) atoms. The Morgan fingerprint density at radius 3 is 2.12 bits per heavy atom. The van der Waals surface area contributed by atoms with Crippen LogP contribution in [0.15, 0.2) is 11.6 Å². The summed E-state index contributed by atoms with van der Waals surface area (Å²) in [5.74, 6) is -0.422. The van der Waals surface area contributed by atoms with Gasteiger partial charge in [0.25, 0.3) is 0 Å². The molecule has 4 amide bonds. The summed E-state index contributed by atoms with van der Waals surface area (Å²) < 4.78 is 5.40. The molecule has 3 aliphatic rings. The van der Waals surface area contributed by atoms with E-state index in [-0.39, 0.29) is 47.7 Å². The fraction of sp³-hybridized carbons (Fsp3) is 0.818. The van der Waals surface area contributed by atoms with Gasteiger partial charge < -0.3 is 24.8 Å². The molecular formula is C33H57N5O5. The highest BCUT2D eigenvalue weighted by Gasteiger charge is 2.41. The summed E-state index contributed by atoms with van der Waals surface area (Å²) in [5.41, 5.74) is 0.00279. The zero-order valence-corrected chi connectivity index (χ0v) is 28.1. The number of piperidine rings is 1. The van der Waals surface area contributed by atoms with Crippen LogP contribution in [0.1, 0.15) is 87.5 Å². The number of hydrogen-bond acceptors (Lipinski definition) is 6. The van der Waals surface area contributed by atoms with Gasteiger partial charge in [-0.15, -0.1) is 0 Å². The molecule has 0 bridgehead atoms. The molecule has 4 atom stereocenters. The van der Waals surface area contributed by atoms with E-state index >= 15 is 0 Å². The maximum atomic E-state index is 14.1. The number of rotatable bonds is 9. The van der Waals surface area contributed by atoms with Crippen LogP contribution < -0.4 is 5.32 Å². The van der Waals surface area contributed by atoms with E-state index < -0.39 is 17.5 Å². The molecule has 0 radical (unpaired) electrons. The SMILES string of the molecule is C/C(=C\[C@H](C(C)C)N(C)C(=O)[C@@H](NC(=O)C1CCCCN1C(C)C)C(C)(C)C)C(=O)N1CCC[C@H]1C(=O)N1CCOCC1. The van der Waals surface area contributed by atoms with Crippen LogP contribution in [0.2, 0.25) is 0 Å². The summed E-state index contributed by atoms with van der Waals surface area (Å²) >= 11 is 0. The Balaban J connectivity index is 1.77. The van der Waals surface area contributed by atoms with Crippen LogP contribution >= 0.6 is 0 Å². The van der Waals surface area contributed by atoms with Crippen LogP contribution in [-0.4, -0.2) is 120 Å². The van der Waals surface area contributed by atoms with Crippen LogP contribution in [0.4, 0.5) is 0 Å². The molecule has 3 rings (SSSR count). The smallest absolute Gasteiger partial charge is 0.249 e. The minimum absolute atomic E-state index is 0.00702. The zero-order chi connectivity index (χ0) is 32.1. The highest BCUT2D eigenvalue weighted by Crippen LogP contribution is 2.27. The molecule has 0 aromatic heterocycles. The molecule has 0 saturated carbocycles. The number of carbonyl (C=O) groups is 4. The van der Waals surface area contributed by atoms with Crippen molar-refractivity contribution in [2.24, 2.45) is 11.3 Å². The summed E-state index contributed by atoms with van der Waals surface area (Å²) in [7, 11) is 1.76. The summed E-state index contributed by atoms with van der Waals surface area (Å²) in [4.78, 5) is 62.1. The number of nitrogens with one attached hydrogen (secondary N) is 1. The molecule has 244 valence electrons. The first kappa shape index (κ1) is 35.0. The molecule has 10 heteroatoms. The minimum Gasteiger partial charge on any atom is -0.378 e. The van der Waals surface area contributed by atoms with Crippen molar-refractivity contribution in [3.63, 3.8) is 0 Å². The monoisotopic (exact) mass is 603 g/mol. The van der Waals surface area contributed by atoms with Crippen molar-refractivity contribution in [3.05, 3.63) is 11.6 Å². The summed E-state index contributed by atoms with van der Waals surface area (Å²) in [6, 6.07) is -1.54. The Hall–Kier alpha value is -2.46. The van der Waals surface area contributed by atoms with Crippen molar-refractivity contribution in [2.45, 2.75) is 118 Å². The van der Waals surface area contributed by atoms with Crippen LogP contribution in [0.25, 0.3) is 0 Å². The van der Waals surface area contributed by atoms with E-state index in [4.69, 9.17) is 4.74 Å². The third kappa shape index (κ3) is 8.59. The molecule has 1 N–H and O–H groups in total. The number of likely N-dealkylation sites (N-methyl/N-ethyl adjacent to an activating group) is 1. The van der Waals surface area contributed by atoms with Crippen molar-refractivity contribution < 1.29 is 23.9 Å². The average molecular weight is 604 g/mol. The van der Waals surface area contributed by atoms with Crippen LogP contribution in [-0.2, 0) is 23.9 Å². The largest absolute Gasteiger partial charge is 0.378 e. The quantitative estimate of drug-likeness (QED) is 0.407. The van der Waals surface area contributed by atoms with Crippen LogP contribution in [0.5, 0.6) is 0 Å². The second-order valence-corrected chi connectivity index (χ2v) is 14.3. The molecule has 0 aliphatic carbocycles. The molecule has 3 saturated heterocycles. The Morgan fingerprint density at radius 1 is 0.907 bits per heavy atom. The standard InChI is InChI=1S/C33H57N5O5/c1-22(2)27(21-24(5)30(40)38-16-12-14-26(38)31(41)36-17-19-43-20-18-36)35(9)32(42)28(33(6,7)8)34-29(39)25-13-10-11-15-37(25)23(3)4/h21-23,25-28H,10-20H2,1-9H3,(H,34,39)/b24-21+/t25?,26-,27+,28+/m0/s1.